The maximum atomic E-state index is 13.2. The van der Waals surface area contributed by atoms with E-state index in [1.54, 1.807) is 17.5 Å². The Morgan fingerprint density at radius 1 is 1.30 bits per heavy atom. The molecule has 3 aromatic rings. The first kappa shape index (κ1) is 19.8. The van der Waals surface area contributed by atoms with Crippen LogP contribution in [-0.2, 0) is 17.8 Å². The number of carbonyl (C=O) groups excluding carboxylic acids is 1. The van der Waals surface area contributed by atoms with Crippen LogP contribution in [0.15, 0.2) is 42.2 Å². The van der Waals surface area contributed by atoms with Crippen molar-refractivity contribution in [1.82, 2.24) is 24.6 Å². The van der Waals surface area contributed by atoms with Crippen molar-refractivity contribution in [3.63, 3.8) is 0 Å². The summed E-state index contributed by atoms with van der Waals surface area (Å²) in [4.78, 5) is 25.1. The molecule has 1 fully saturated rings. The van der Waals surface area contributed by atoms with Gasteiger partial charge in [-0.15, -0.1) is 23.7 Å². The van der Waals surface area contributed by atoms with Gasteiger partial charge in [-0.3, -0.25) is 14.2 Å². The molecule has 8 heteroatoms. The predicted molar refractivity (Wildman–Crippen MR) is 109 cm³/mol. The lowest BCUT2D eigenvalue weighted by Gasteiger charge is -2.31. The average molecular weight is 406 g/mol. The second kappa shape index (κ2) is 9.30. The number of carbonyl (C=O) groups is 1. The van der Waals surface area contributed by atoms with Gasteiger partial charge >= 0.3 is 0 Å². The molecule has 6 nitrogen and oxygen atoms in total. The van der Waals surface area contributed by atoms with Crippen LogP contribution in [0.3, 0.4) is 0 Å². The molecule has 0 bridgehead atoms. The third-order valence-corrected chi connectivity index (χ3v) is 5.61. The van der Waals surface area contributed by atoms with Crippen molar-refractivity contribution in [3.8, 4) is 0 Å². The van der Waals surface area contributed by atoms with Gasteiger partial charge in [-0.1, -0.05) is 6.07 Å². The van der Waals surface area contributed by atoms with Gasteiger partial charge in [0.15, 0.2) is 4.96 Å². The Morgan fingerprint density at radius 3 is 3.04 bits per heavy atom. The molecule has 4 rings (SSSR count). The zero-order valence-electron chi connectivity index (χ0n) is 15.1. The minimum atomic E-state index is 0. The van der Waals surface area contributed by atoms with Crippen molar-refractivity contribution in [3.05, 3.63) is 53.6 Å². The first-order valence-electron chi connectivity index (χ1n) is 9.11. The zero-order valence-corrected chi connectivity index (χ0v) is 16.7. The van der Waals surface area contributed by atoms with Gasteiger partial charge in [-0.2, -0.15) is 0 Å². The summed E-state index contributed by atoms with van der Waals surface area (Å²) in [5, 5.41) is 5.43. The summed E-state index contributed by atoms with van der Waals surface area (Å²) in [6.45, 7) is 2.54. The van der Waals surface area contributed by atoms with Gasteiger partial charge in [0, 0.05) is 30.0 Å². The Morgan fingerprint density at radius 2 is 2.22 bits per heavy atom. The van der Waals surface area contributed by atoms with Crippen LogP contribution in [0.2, 0.25) is 0 Å². The maximum Gasteiger partial charge on any atom is 0.229 e. The number of rotatable bonds is 5. The number of hydrogen-bond acceptors (Lipinski definition) is 5. The van der Waals surface area contributed by atoms with E-state index in [0.717, 1.165) is 48.7 Å². The quantitative estimate of drug-likeness (QED) is 0.708. The smallest absolute Gasteiger partial charge is 0.229 e. The highest BCUT2D eigenvalue weighted by Gasteiger charge is 2.25. The number of fused-ring (bicyclic) bond motifs is 1. The molecule has 0 aromatic carbocycles. The number of imidazole rings is 1. The highest BCUT2D eigenvalue weighted by molar-refractivity contribution is 7.15. The lowest BCUT2D eigenvalue weighted by molar-refractivity contribution is -0.133. The molecule has 0 saturated carbocycles. The summed E-state index contributed by atoms with van der Waals surface area (Å²) in [6.07, 6.45) is 9.17. The summed E-state index contributed by atoms with van der Waals surface area (Å²) in [5.74, 6) is 0.133. The molecule has 1 amide bonds. The highest BCUT2D eigenvalue weighted by atomic mass is 35.5. The Balaban J connectivity index is 0.00000210. The Kier molecular flexibility index (Phi) is 6.82. The van der Waals surface area contributed by atoms with Crippen LogP contribution in [0.4, 0.5) is 0 Å². The summed E-state index contributed by atoms with van der Waals surface area (Å²) in [5.41, 5.74) is 1.77. The summed E-state index contributed by atoms with van der Waals surface area (Å²) in [7, 11) is 0. The maximum absolute atomic E-state index is 13.2. The number of pyridine rings is 1. The monoisotopic (exact) mass is 405 g/mol. The van der Waals surface area contributed by atoms with Crippen molar-refractivity contribution < 1.29 is 4.79 Å². The molecule has 0 spiro atoms. The lowest BCUT2D eigenvalue weighted by atomic mass is 10.1. The number of aromatic nitrogens is 3. The van der Waals surface area contributed by atoms with Crippen LogP contribution in [-0.4, -0.2) is 44.3 Å². The van der Waals surface area contributed by atoms with Crippen LogP contribution in [0, 0.1) is 0 Å². The standard InChI is InChI=1S/C19H23N5OS.ClH/c25-18(12-16-13-23-10-11-26-19(23)22-16)24(14-15-4-1-2-8-21-15)17-5-3-7-20-9-6-17;/h1-2,4,8,10-11,13,17,20H,3,5-7,9,12,14H2;1H. The molecule has 4 heterocycles. The van der Waals surface area contributed by atoms with Gasteiger partial charge in [0.05, 0.1) is 24.4 Å². The van der Waals surface area contributed by atoms with Crippen LogP contribution in [0.1, 0.15) is 30.7 Å². The van der Waals surface area contributed by atoms with E-state index in [2.05, 4.69) is 15.3 Å². The lowest BCUT2D eigenvalue weighted by Crippen LogP contribution is -2.41. The SMILES string of the molecule is Cl.O=C(Cc1cn2ccsc2n1)N(Cc1ccccn1)C1CCCNCC1. The van der Waals surface area contributed by atoms with Crippen LogP contribution < -0.4 is 5.32 Å². The number of halogens is 1. The molecule has 0 aliphatic carbocycles. The number of amides is 1. The average Bonchev–Trinajstić information content (AvgIpc) is 3.12. The van der Waals surface area contributed by atoms with E-state index >= 15 is 0 Å². The molecule has 1 atom stereocenters. The largest absolute Gasteiger partial charge is 0.333 e. The second-order valence-corrected chi connectivity index (χ2v) is 7.55. The van der Waals surface area contributed by atoms with E-state index in [1.165, 1.54) is 0 Å². The van der Waals surface area contributed by atoms with E-state index in [4.69, 9.17) is 0 Å². The molecular weight excluding hydrogens is 382 g/mol. The molecule has 1 N–H and O–H groups in total. The fourth-order valence-corrected chi connectivity index (χ4v) is 4.24. The molecule has 144 valence electrons. The number of hydrogen-bond donors (Lipinski definition) is 1. The zero-order chi connectivity index (χ0) is 17.8. The van der Waals surface area contributed by atoms with Gasteiger partial charge in [-0.05, 0) is 44.5 Å². The van der Waals surface area contributed by atoms with Gasteiger partial charge in [-0.25, -0.2) is 4.98 Å². The minimum Gasteiger partial charge on any atom is -0.333 e. The van der Waals surface area contributed by atoms with Crippen molar-refractivity contribution in [2.24, 2.45) is 0 Å². The topological polar surface area (TPSA) is 62.5 Å². The van der Waals surface area contributed by atoms with Gasteiger partial charge in [0.25, 0.3) is 0 Å². The summed E-state index contributed by atoms with van der Waals surface area (Å²) >= 11 is 1.59. The van der Waals surface area contributed by atoms with Gasteiger partial charge < -0.3 is 10.2 Å². The predicted octanol–water partition coefficient (Wildman–Crippen LogP) is 2.93. The number of nitrogens with zero attached hydrogens (tertiary/aromatic N) is 4. The van der Waals surface area contributed by atoms with Crippen LogP contribution in [0.25, 0.3) is 4.96 Å². The fourth-order valence-electron chi connectivity index (χ4n) is 3.52. The van der Waals surface area contributed by atoms with Gasteiger partial charge in [0.1, 0.15) is 0 Å². The first-order valence-corrected chi connectivity index (χ1v) is 9.99. The summed E-state index contributed by atoms with van der Waals surface area (Å²) < 4.78 is 1.98. The van der Waals surface area contributed by atoms with Crippen molar-refractivity contribution in [2.75, 3.05) is 13.1 Å². The van der Waals surface area contributed by atoms with Crippen LogP contribution >= 0.6 is 23.7 Å². The molecule has 1 aliphatic rings. The number of nitrogens with one attached hydrogen (secondary N) is 1. The Bertz CT molecular complexity index is 829. The van der Waals surface area contributed by atoms with E-state index in [-0.39, 0.29) is 24.4 Å². The highest BCUT2D eigenvalue weighted by Crippen LogP contribution is 2.19. The van der Waals surface area contributed by atoms with E-state index in [9.17, 15) is 4.79 Å². The molecule has 3 aromatic heterocycles. The van der Waals surface area contributed by atoms with E-state index in [0.29, 0.717) is 13.0 Å². The molecular formula is C19H24ClN5OS. The Hall–Kier alpha value is -1.96. The normalized spacial score (nSPS) is 17.3. The van der Waals surface area contributed by atoms with Crippen LogP contribution in [0.5, 0.6) is 0 Å². The van der Waals surface area contributed by atoms with Crippen molar-refractivity contribution in [2.45, 2.75) is 38.3 Å². The second-order valence-electron chi connectivity index (χ2n) is 6.68. The molecule has 1 unspecified atom stereocenters. The van der Waals surface area contributed by atoms with Gasteiger partial charge in [0.2, 0.25) is 5.91 Å². The molecule has 27 heavy (non-hydrogen) atoms. The first-order chi connectivity index (χ1) is 12.8. The third-order valence-electron chi connectivity index (χ3n) is 4.84. The minimum absolute atomic E-state index is 0. The van der Waals surface area contributed by atoms with E-state index < -0.39 is 0 Å². The molecule has 1 aliphatic heterocycles. The molecule has 1 saturated heterocycles. The number of thiazole rings is 1. The fraction of sp³-hybridized carbons (Fsp3) is 0.421. The third kappa shape index (κ3) is 4.86. The summed E-state index contributed by atoms with van der Waals surface area (Å²) in [6, 6.07) is 6.12. The van der Waals surface area contributed by atoms with Crippen molar-refractivity contribution >= 4 is 34.6 Å². The van der Waals surface area contributed by atoms with E-state index in [1.807, 2.05) is 45.3 Å². The molecule has 0 radical (unpaired) electrons. The Labute approximate surface area is 169 Å². The van der Waals surface area contributed by atoms with Crippen molar-refractivity contribution in [1.29, 1.82) is 0 Å².